The SMILES string of the molecule is CSC1(CNC(=O)c2ccc([N+](=O)[O-])c(NN)c2)CC1. The van der Waals surface area contributed by atoms with Crippen LogP contribution in [0, 0.1) is 10.1 Å². The van der Waals surface area contributed by atoms with Crippen molar-refractivity contribution in [1.82, 2.24) is 5.32 Å². The molecule has 0 unspecified atom stereocenters. The second-order valence-corrected chi connectivity index (χ2v) is 5.98. The first-order valence-electron chi connectivity index (χ1n) is 6.10. The number of rotatable bonds is 6. The lowest BCUT2D eigenvalue weighted by Gasteiger charge is -2.13. The van der Waals surface area contributed by atoms with E-state index in [1.165, 1.54) is 18.2 Å². The van der Waals surface area contributed by atoms with Crippen LogP contribution in [0.15, 0.2) is 18.2 Å². The maximum Gasteiger partial charge on any atom is 0.293 e. The molecular formula is C12H16N4O3S. The van der Waals surface area contributed by atoms with E-state index in [0.717, 1.165) is 12.8 Å². The topological polar surface area (TPSA) is 110 Å². The molecule has 1 fully saturated rings. The van der Waals surface area contributed by atoms with E-state index in [0.29, 0.717) is 12.1 Å². The lowest BCUT2D eigenvalue weighted by Crippen LogP contribution is -2.31. The number of nitrogen functional groups attached to an aromatic ring is 1. The highest BCUT2D eigenvalue weighted by Gasteiger charge is 2.41. The third kappa shape index (κ3) is 3.02. The highest BCUT2D eigenvalue weighted by atomic mass is 32.2. The number of thioether (sulfide) groups is 1. The van der Waals surface area contributed by atoms with Gasteiger partial charge in [-0.2, -0.15) is 11.8 Å². The molecule has 1 saturated carbocycles. The number of benzene rings is 1. The van der Waals surface area contributed by atoms with Crippen molar-refractivity contribution in [3.05, 3.63) is 33.9 Å². The van der Waals surface area contributed by atoms with Crippen LogP contribution in [-0.4, -0.2) is 28.4 Å². The van der Waals surface area contributed by atoms with Gasteiger partial charge in [0.25, 0.3) is 11.6 Å². The fourth-order valence-electron chi connectivity index (χ4n) is 1.89. The van der Waals surface area contributed by atoms with E-state index in [-0.39, 0.29) is 22.0 Å². The number of hydrogen-bond donors (Lipinski definition) is 3. The number of anilines is 1. The summed E-state index contributed by atoms with van der Waals surface area (Å²) in [6.07, 6.45) is 4.23. The fraction of sp³-hybridized carbons (Fsp3) is 0.417. The molecule has 0 bridgehead atoms. The number of amides is 1. The molecule has 0 spiro atoms. The van der Waals surface area contributed by atoms with Crippen molar-refractivity contribution in [3.63, 3.8) is 0 Å². The Labute approximate surface area is 120 Å². The Morgan fingerprint density at radius 3 is 2.75 bits per heavy atom. The van der Waals surface area contributed by atoms with E-state index >= 15 is 0 Å². The minimum absolute atomic E-state index is 0.119. The fourth-order valence-corrected chi connectivity index (χ4v) is 2.61. The quantitative estimate of drug-likeness (QED) is 0.417. The molecule has 0 atom stereocenters. The average Bonchev–Trinajstić information content (AvgIpc) is 3.24. The zero-order valence-electron chi connectivity index (χ0n) is 11.0. The number of nitrogens with two attached hydrogens (primary N) is 1. The minimum Gasteiger partial charge on any atom is -0.351 e. The molecule has 20 heavy (non-hydrogen) atoms. The van der Waals surface area contributed by atoms with Gasteiger partial charge in [-0.15, -0.1) is 0 Å². The molecule has 0 radical (unpaired) electrons. The highest BCUT2D eigenvalue weighted by molar-refractivity contribution is 8.00. The Morgan fingerprint density at radius 2 is 2.25 bits per heavy atom. The third-order valence-corrected chi connectivity index (χ3v) is 4.84. The number of nitrogens with zero attached hydrogens (tertiary/aromatic N) is 1. The van der Waals surface area contributed by atoms with Crippen molar-refractivity contribution in [3.8, 4) is 0 Å². The molecule has 108 valence electrons. The molecule has 2 rings (SSSR count). The van der Waals surface area contributed by atoms with E-state index in [4.69, 9.17) is 5.84 Å². The van der Waals surface area contributed by atoms with Gasteiger partial charge in [0.2, 0.25) is 0 Å². The molecule has 0 aliphatic heterocycles. The van der Waals surface area contributed by atoms with Crippen LogP contribution in [0.25, 0.3) is 0 Å². The number of carbonyl (C=O) groups is 1. The van der Waals surface area contributed by atoms with Gasteiger partial charge >= 0.3 is 0 Å². The maximum atomic E-state index is 12.0. The molecule has 0 heterocycles. The number of nitro groups is 1. The highest BCUT2D eigenvalue weighted by Crippen LogP contribution is 2.46. The predicted molar refractivity (Wildman–Crippen MR) is 78.7 cm³/mol. The van der Waals surface area contributed by atoms with Crippen molar-refractivity contribution in [2.45, 2.75) is 17.6 Å². The van der Waals surface area contributed by atoms with Crippen LogP contribution in [0.4, 0.5) is 11.4 Å². The standard InChI is InChI=1S/C12H16N4O3S/c1-20-12(4-5-12)7-14-11(17)8-2-3-10(16(18)19)9(6-8)15-13/h2-3,6,15H,4-5,7,13H2,1H3,(H,14,17). The predicted octanol–water partition coefficient (Wildman–Crippen LogP) is 1.51. The van der Waals surface area contributed by atoms with E-state index in [2.05, 4.69) is 10.7 Å². The average molecular weight is 296 g/mol. The Kier molecular flexibility index (Phi) is 4.15. The maximum absolute atomic E-state index is 12.0. The van der Waals surface area contributed by atoms with Gasteiger partial charge in [-0.05, 0) is 31.2 Å². The van der Waals surface area contributed by atoms with E-state index in [1.807, 2.05) is 6.26 Å². The van der Waals surface area contributed by atoms with Crippen LogP contribution in [-0.2, 0) is 0 Å². The zero-order chi connectivity index (χ0) is 14.8. The third-order valence-electron chi connectivity index (χ3n) is 3.42. The Balaban J connectivity index is 2.08. The Morgan fingerprint density at radius 1 is 1.55 bits per heavy atom. The minimum atomic E-state index is -0.552. The Hall–Kier alpha value is -1.80. The summed E-state index contributed by atoms with van der Waals surface area (Å²) in [5, 5.41) is 13.6. The summed E-state index contributed by atoms with van der Waals surface area (Å²) in [4.78, 5) is 22.2. The second kappa shape index (κ2) is 5.68. The van der Waals surface area contributed by atoms with Crippen LogP contribution < -0.4 is 16.6 Å². The summed E-state index contributed by atoms with van der Waals surface area (Å²) < 4.78 is 0.172. The van der Waals surface area contributed by atoms with Crippen LogP contribution >= 0.6 is 11.8 Å². The molecule has 1 aromatic rings. The number of nitrogens with one attached hydrogen (secondary N) is 2. The number of nitro benzene ring substituents is 1. The largest absolute Gasteiger partial charge is 0.351 e. The van der Waals surface area contributed by atoms with Crippen LogP contribution in [0.1, 0.15) is 23.2 Å². The van der Waals surface area contributed by atoms with Crippen molar-refractivity contribution in [2.24, 2.45) is 5.84 Å². The summed E-state index contributed by atoms with van der Waals surface area (Å²) >= 11 is 1.75. The van der Waals surface area contributed by atoms with Gasteiger partial charge in [-0.25, -0.2) is 0 Å². The number of hydrogen-bond acceptors (Lipinski definition) is 6. The summed E-state index contributed by atoms with van der Waals surface area (Å²) in [5.41, 5.74) is 2.55. The van der Waals surface area contributed by atoms with E-state index in [1.54, 1.807) is 11.8 Å². The van der Waals surface area contributed by atoms with Crippen molar-refractivity contribution < 1.29 is 9.72 Å². The van der Waals surface area contributed by atoms with Gasteiger partial charge in [0.05, 0.1) is 4.92 Å². The summed E-state index contributed by atoms with van der Waals surface area (Å²) in [7, 11) is 0. The Bertz CT molecular complexity index is 546. The molecule has 1 aromatic carbocycles. The van der Waals surface area contributed by atoms with Crippen molar-refractivity contribution >= 4 is 29.0 Å². The van der Waals surface area contributed by atoms with Crippen molar-refractivity contribution in [1.29, 1.82) is 0 Å². The van der Waals surface area contributed by atoms with Crippen LogP contribution in [0.3, 0.4) is 0 Å². The van der Waals surface area contributed by atoms with Gasteiger partial charge in [-0.3, -0.25) is 20.8 Å². The second-order valence-electron chi connectivity index (χ2n) is 4.70. The molecular weight excluding hydrogens is 280 g/mol. The summed E-state index contributed by atoms with van der Waals surface area (Å²) in [5.74, 6) is 4.99. The van der Waals surface area contributed by atoms with Crippen molar-refractivity contribution in [2.75, 3.05) is 18.2 Å². The summed E-state index contributed by atoms with van der Waals surface area (Å²) in [6, 6.07) is 4.07. The normalized spacial score (nSPS) is 15.5. The first-order valence-corrected chi connectivity index (χ1v) is 7.32. The molecule has 8 heteroatoms. The van der Waals surface area contributed by atoms with Gasteiger partial charge in [-0.1, -0.05) is 0 Å². The lowest BCUT2D eigenvalue weighted by atomic mass is 10.1. The molecule has 0 aromatic heterocycles. The van der Waals surface area contributed by atoms with Gasteiger partial charge in [0.1, 0.15) is 5.69 Å². The molecule has 1 amide bonds. The van der Waals surface area contributed by atoms with Gasteiger partial charge < -0.3 is 10.7 Å². The van der Waals surface area contributed by atoms with Crippen LogP contribution in [0.5, 0.6) is 0 Å². The van der Waals surface area contributed by atoms with Crippen LogP contribution in [0.2, 0.25) is 0 Å². The van der Waals surface area contributed by atoms with Gasteiger partial charge in [0, 0.05) is 22.9 Å². The molecule has 7 nitrogen and oxygen atoms in total. The van der Waals surface area contributed by atoms with Gasteiger partial charge in [0.15, 0.2) is 0 Å². The monoisotopic (exact) mass is 296 g/mol. The molecule has 1 aliphatic rings. The first-order chi connectivity index (χ1) is 9.51. The summed E-state index contributed by atoms with van der Waals surface area (Å²) in [6.45, 7) is 0.607. The van der Waals surface area contributed by atoms with E-state index in [9.17, 15) is 14.9 Å². The molecule has 1 aliphatic carbocycles. The molecule has 4 N–H and O–H groups in total. The number of carbonyl (C=O) groups excluding carboxylic acids is 1. The number of hydrazine groups is 1. The zero-order valence-corrected chi connectivity index (χ0v) is 11.8. The van der Waals surface area contributed by atoms with E-state index < -0.39 is 4.92 Å². The molecule has 0 saturated heterocycles. The first kappa shape index (κ1) is 14.6. The lowest BCUT2D eigenvalue weighted by molar-refractivity contribution is -0.384. The smallest absolute Gasteiger partial charge is 0.293 e.